The van der Waals surface area contributed by atoms with Gasteiger partial charge >= 0.3 is 0 Å². The monoisotopic (exact) mass is 340 g/mol. The smallest absolute Gasteiger partial charge is 0.297 e. The molecule has 1 aromatic carbocycles. The molecular formula is C18H20N4O3. The second-order valence-corrected chi connectivity index (χ2v) is 5.99. The summed E-state index contributed by atoms with van der Waals surface area (Å²) in [6, 6.07) is 7.69. The van der Waals surface area contributed by atoms with E-state index >= 15 is 0 Å². The number of benzene rings is 1. The third kappa shape index (κ3) is 3.05. The summed E-state index contributed by atoms with van der Waals surface area (Å²) < 4.78 is 6.24. The van der Waals surface area contributed by atoms with E-state index in [1.807, 2.05) is 38.1 Å². The van der Waals surface area contributed by atoms with Gasteiger partial charge in [0.05, 0.1) is 11.1 Å². The molecule has 25 heavy (non-hydrogen) atoms. The molecule has 1 amide bonds. The summed E-state index contributed by atoms with van der Waals surface area (Å²) in [6.07, 6.45) is 0. The second-order valence-electron chi connectivity index (χ2n) is 5.99. The van der Waals surface area contributed by atoms with Crippen LogP contribution in [0, 0.1) is 20.8 Å². The van der Waals surface area contributed by atoms with Crippen molar-refractivity contribution in [2.75, 3.05) is 11.4 Å². The summed E-state index contributed by atoms with van der Waals surface area (Å²) >= 11 is 0. The fraction of sp³-hybridized carbons (Fsp3) is 0.333. The minimum Gasteiger partial charge on any atom is -0.360 e. The van der Waals surface area contributed by atoms with E-state index in [2.05, 4.69) is 10.3 Å². The van der Waals surface area contributed by atoms with Gasteiger partial charge in [0.2, 0.25) is 5.91 Å². The highest BCUT2D eigenvalue weighted by Crippen LogP contribution is 2.18. The summed E-state index contributed by atoms with van der Waals surface area (Å²) in [5.74, 6) is 0.340. The first kappa shape index (κ1) is 16.9. The Kier molecular flexibility index (Phi) is 4.39. The lowest BCUT2D eigenvalue weighted by Crippen LogP contribution is -2.37. The molecular weight excluding hydrogens is 320 g/mol. The Balaban J connectivity index is 1.96. The van der Waals surface area contributed by atoms with Crippen molar-refractivity contribution in [3.8, 4) is 0 Å². The SMILES string of the molecule is CCN(C(=O)Cn1nc(C)c2c(C)onc2c1=O)c1cccc(C)c1. The zero-order chi connectivity index (χ0) is 18.1. The highest BCUT2D eigenvalue weighted by atomic mass is 16.5. The number of aryl methyl sites for hydroxylation is 3. The van der Waals surface area contributed by atoms with E-state index in [1.54, 1.807) is 18.7 Å². The zero-order valence-electron chi connectivity index (χ0n) is 14.7. The number of nitrogens with zero attached hydrogens (tertiary/aromatic N) is 4. The molecule has 0 saturated carbocycles. The molecule has 0 aliphatic carbocycles. The van der Waals surface area contributed by atoms with Crippen LogP contribution in [0.2, 0.25) is 0 Å². The standard InChI is InChI=1S/C18H20N4O3/c1-5-21(14-8-6-7-11(2)9-14)15(23)10-22-18(24)17-16(12(3)19-22)13(4)25-20-17/h6-9H,5,10H2,1-4H3. The molecule has 2 aromatic heterocycles. The van der Waals surface area contributed by atoms with Gasteiger partial charge in [-0.1, -0.05) is 17.3 Å². The van der Waals surface area contributed by atoms with Crippen LogP contribution in [0.3, 0.4) is 0 Å². The molecule has 0 radical (unpaired) electrons. The largest absolute Gasteiger partial charge is 0.360 e. The minimum atomic E-state index is -0.425. The lowest BCUT2D eigenvalue weighted by molar-refractivity contribution is -0.119. The quantitative estimate of drug-likeness (QED) is 0.728. The van der Waals surface area contributed by atoms with Gasteiger partial charge in [0.15, 0.2) is 5.52 Å². The van der Waals surface area contributed by atoms with Crippen LogP contribution in [0.1, 0.15) is 23.9 Å². The first-order valence-electron chi connectivity index (χ1n) is 8.13. The van der Waals surface area contributed by atoms with Gasteiger partial charge in [-0.05, 0) is 45.4 Å². The van der Waals surface area contributed by atoms with Crippen LogP contribution < -0.4 is 10.5 Å². The van der Waals surface area contributed by atoms with Gasteiger partial charge in [0.1, 0.15) is 12.3 Å². The summed E-state index contributed by atoms with van der Waals surface area (Å²) in [5.41, 5.74) is 2.26. The predicted molar refractivity (Wildman–Crippen MR) is 94.7 cm³/mol. The second kappa shape index (κ2) is 6.51. The van der Waals surface area contributed by atoms with Gasteiger partial charge in [0, 0.05) is 12.2 Å². The molecule has 3 rings (SSSR count). The van der Waals surface area contributed by atoms with E-state index < -0.39 is 5.56 Å². The Morgan fingerprint density at radius 2 is 2.04 bits per heavy atom. The van der Waals surface area contributed by atoms with E-state index in [-0.39, 0.29) is 18.0 Å². The summed E-state index contributed by atoms with van der Waals surface area (Å²) in [5, 5.41) is 8.68. The van der Waals surface area contributed by atoms with Crippen LogP contribution in [0.4, 0.5) is 5.69 Å². The molecule has 0 atom stereocenters. The fourth-order valence-electron chi connectivity index (χ4n) is 2.96. The fourth-order valence-corrected chi connectivity index (χ4v) is 2.96. The Labute approximate surface area is 144 Å². The summed E-state index contributed by atoms with van der Waals surface area (Å²) in [7, 11) is 0. The zero-order valence-corrected chi connectivity index (χ0v) is 14.7. The van der Waals surface area contributed by atoms with E-state index in [4.69, 9.17) is 4.52 Å². The molecule has 7 heteroatoms. The van der Waals surface area contributed by atoms with Crippen LogP contribution in [-0.4, -0.2) is 27.4 Å². The van der Waals surface area contributed by atoms with Crippen LogP contribution in [0.25, 0.3) is 10.9 Å². The Bertz CT molecular complexity index is 1000. The van der Waals surface area contributed by atoms with Crippen molar-refractivity contribution in [2.45, 2.75) is 34.2 Å². The summed E-state index contributed by atoms with van der Waals surface area (Å²) in [6.45, 7) is 7.72. The number of fused-ring (bicyclic) bond motifs is 1. The minimum absolute atomic E-state index is 0.150. The number of rotatable bonds is 4. The molecule has 0 aliphatic heterocycles. The lowest BCUT2D eigenvalue weighted by atomic mass is 10.2. The molecule has 0 aliphatic rings. The molecule has 0 N–H and O–H groups in total. The van der Waals surface area contributed by atoms with Crippen molar-refractivity contribution in [1.82, 2.24) is 14.9 Å². The van der Waals surface area contributed by atoms with Gasteiger partial charge in [-0.25, -0.2) is 4.68 Å². The molecule has 0 spiro atoms. The number of aromatic nitrogens is 3. The molecule has 0 unspecified atom stereocenters. The van der Waals surface area contributed by atoms with Gasteiger partial charge in [0.25, 0.3) is 5.56 Å². The highest BCUT2D eigenvalue weighted by Gasteiger charge is 2.19. The normalized spacial score (nSPS) is 11.0. The number of hydrogen-bond donors (Lipinski definition) is 0. The number of hydrogen-bond acceptors (Lipinski definition) is 5. The van der Waals surface area contributed by atoms with Crippen LogP contribution in [-0.2, 0) is 11.3 Å². The van der Waals surface area contributed by atoms with E-state index in [0.717, 1.165) is 15.9 Å². The maximum absolute atomic E-state index is 12.7. The molecule has 2 heterocycles. The van der Waals surface area contributed by atoms with Gasteiger partial charge in [-0.2, -0.15) is 5.10 Å². The first-order valence-corrected chi connectivity index (χ1v) is 8.13. The van der Waals surface area contributed by atoms with Gasteiger partial charge < -0.3 is 9.42 Å². The van der Waals surface area contributed by atoms with Crippen LogP contribution >= 0.6 is 0 Å². The van der Waals surface area contributed by atoms with Gasteiger partial charge in [-0.15, -0.1) is 0 Å². The molecule has 7 nitrogen and oxygen atoms in total. The maximum Gasteiger partial charge on any atom is 0.297 e. The molecule has 130 valence electrons. The van der Waals surface area contributed by atoms with Crippen molar-refractivity contribution in [1.29, 1.82) is 0 Å². The van der Waals surface area contributed by atoms with E-state index in [1.165, 1.54) is 0 Å². The Morgan fingerprint density at radius 3 is 2.72 bits per heavy atom. The van der Waals surface area contributed by atoms with E-state index in [9.17, 15) is 9.59 Å². The Morgan fingerprint density at radius 1 is 1.28 bits per heavy atom. The first-order chi connectivity index (χ1) is 11.9. The number of carbonyl (C=O) groups excluding carboxylic acids is 1. The molecule has 3 aromatic rings. The topological polar surface area (TPSA) is 81.2 Å². The van der Waals surface area contributed by atoms with Gasteiger partial charge in [-0.3, -0.25) is 9.59 Å². The molecule has 0 bridgehead atoms. The molecule has 0 fully saturated rings. The third-order valence-electron chi connectivity index (χ3n) is 4.15. The van der Waals surface area contributed by atoms with Crippen LogP contribution in [0.15, 0.2) is 33.6 Å². The highest BCUT2D eigenvalue weighted by molar-refractivity contribution is 5.93. The Hall–Kier alpha value is -2.96. The third-order valence-corrected chi connectivity index (χ3v) is 4.15. The average molecular weight is 340 g/mol. The molecule has 0 saturated heterocycles. The van der Waals surface area contributed by atoms with Crippen molar-refractivity contribution < 1.29 is 9.32 Å². The van der Waals surface area contributed by atoms with Crippen molar-refractivity contribution >= 4 is 22.5 Å². The average Bonchev–Trinajstić information content (AvgIpc) is 2.96. The maximum atomic E-state index is 12.7. The number of carbonyl (C=O) groups is 1. The lowest BCUT2D eigenvalue weighted by Gasteiger charge is -2.21. The van der Waals surface area contributed by atoms with E-state index in [0.29, 0.717) is 23.4 Å². The number of anilines is 1. The van der Waals surface area contributed by atoms with Crippen molar-refractivity contribution in [3.05, 3.63) is 51.6 Å². The van der Waals surface area contributed by atoms with Crippen LogP contribution in [0.5, 0.6) is 0 Å². The number of likely N-dealkylation sites (N-methyl/N-ethyl adjacent to an activating group) is 1. The van der Waals surface area contributed by atoms with Crippen molar-refractivity contribution in [2.24, 2.45) is 0 Å². The number of amides is 1. The summed E-state index contributed by atoms with van der Waals surface area (Å²) in [4.78, 5) is 26.9. The van der Waals surface area contributed by atoms with Crippen molar-refractivity contribution in [3.63, 3.8) is 0 Å². The predicted octanol–water partition coefficient (Wildman–Crippen LogP) is 2.36.